The number of hydrogen-bond donors (Lipinski definition) is 2. The van der Waals surface area contributed by atoms with Gasteiger partial charge in [0, 0.05) is 32.5 Å². The van der Waals surface area contributed by atoms with Crippen LogP contribution in [-0.4, -0.2) is 117 Å². The van der Waals surface area contributed by atoms with E-state index in [1.807, 2.05) is 12.1 Å². The van der Waals surface area contributed by atoms with Crippen molar-refractivity contribution in [1.82, 2.24) is 0 Å². The van der Waals surface area contributed by atoms with Gasteiger partial charge in [0.1, 0.15) is 0 Å². The summed E-state index contributed by atoms with van der Waals surface area (Å²) in [5.74, 6) is -0.420. The van der Waals surface area contributed by atoms with Crippen molar-refractivity contribution in [2.75, 3.05) is 39.3 Å². The van der Waals surface area contributed by atoms with Crippen LogP contribution < -0.4 is 0 Å². The van der Waals surface area contributed by atoms with E-state index in [2.05, 4.69) is 88.2 Å². The molecular weight excluding hydrogens is 777 g/mol. The molecule has 13 heteroatoms. The van der Waals surface area contributed by atoms with E-state index in [9.17, 15) is 13.5 Å². The molecule has 0 amide bonds. The summed E-state index contributed by atoms with van der Waals surface area (Å²) in [6.45, 7) is 32.1. The molecule has 2 aliphatic rings. The fraction of sp³-hybridized carbons (Fsp3) is 0.818. The SMILES string of the molecule is C=C1[C@@H](C)C[C@H](CC[C@H](O)CCOCCO)O[C@@H]1C[C@@H]1O[C@H](C[C@@H](CO[Si](C)(C)C(C)(C)C)O[Si](C)(C)C(C)(C)C)[C@@H](OC)[C@H]1CS(=O)(=O)c1ccc(CC)cc1. The maximum absolute atomic E-state index is 14.2. The zero-order valence-electron chi connectivity index (χ0n) is 37.8. The van der Waals surface area contributed by atoms with Crippen LogP contribution in [0, 0.1) is 11.8 Å². The van der Waals surface area contributed by atoms with Crippen LogP contribution in [0.4, 0.5) is 0 Å². The first-order chi connectivity index (χ1) is 26.4. The molecule has 0 bridgehead atoms. The number of hydrogen-bond acceptors (Lipinski definition) is 10. The summed E-state index contributed by atoms with van der Waals surface area (Å²) in [6.07, 6.45) is 1.63. The van der Waals surface area contributed by atoms with Crippen LogP contribution in [0.2, 0.25) is 36.3 Å². The molecule has 0 aromatic heterocycles. The largest absolute Gasteiger partial charge is 0.414 e. The van der Waals surface area contributed by atoms with E-state index in [4.69, 9.17) is 32.9 Å². The van der Waals surface area contributed by atoms with Crippen LogP contribution in [0.5, 0.6) is 0 Å². The molecule has 1 aromatic rings. The number of aliphatic hydroxyl groups is 2. The number of aliphatic hydroxyl groups excluding tert-OH is 2. The molecule has 1 aromatic carbocycles. The van der Waals surface area contributed by atoms with Crippen molar-refractivity contribution >= 4 is 26.5 Å². The first kappa shape index (κ1) is 50.4. The van der Waals surface area contributed by atoms with Crippen molar-refractivity contribution in [1.29, 1.82) is 0 Å². The Balaban J connectivity index is 1.94. The molecule has 0 unspecified atom stereocenters. The molecule has 0 saturated carbocycles. The Morgan fingerprint density at radius 2 is 1.58 bits per heavy atom. The monoisotopic (exact) mass is 857 g/mol. The van der Waals surface area contributed by atoms with Crippen LogP contribution in [0.15, 0.2) is 41.3 Å². The van der Waals surface area contributed by atoms with Gasteiger partial charge in [-0.2, -0.15) is 0 Å². The van der Waals surface area contributed by atoms with Gasteiger partial charge in [-0.05, 0) is 97.6 Å². The molecule has 10 nitrogen and oxygen atoms in total. The molecule has 2 N–H and O–H groups in total. The molecule has 3 rings (SSSR count). The number of sulfone groups is 1. The minimum atomic E-state index is -3.71. The van der Waals surface area contributed by atoms with Gasteiger partial charge < -0.3 is 38.0 Å². The molecule has 0 aliphatic carbocycles. The first-order valence-electron chi connectivity index (χ1n) is 21.4. The molecule has 0 radical (unpaired) electrons. The third-order valence-corrected chi connectivity index (χ3v) is 24.2. The number of aryl methyl sites for hydroxylation is 1. The molecular formula is C44H80O10SSi2. The second-order valence-electron chi connectivity index (χ2n) is 19.7. The van der Waals surface area contributed by atoms with Crippen molar-refractivity contribution < 1.29 is 46.4 Å². The van der Waals surface area contributed by atoms with Crippen LogP contribution in [-0.2, 0) is 44.1 Å². The van der Waals surface area contributed by atoms with E-state index in [1.165, 1.54) is 0 Å². The number of methoxy groups -OCH3 is 1. The van der Waals surface area contributed by atoms with Crippen molar-refractivity contribution in [3.8, 4) is 0 Å². The topological polar surface area (TPSA) is 130 Å². The number of rotatable bonds is 22. The summed E-state index contributed by atoms with van der Waals surface area (Å²) in [5, 5.41) is 19.6. The number of benzene rings is 1. The Kier molecular flexibility index (Phi) is 18.7. The summed E-state index contributed by atoms with van der Waals surface area (Å²) >= 11 is 0. The standard InChI is InChI=1S/C44H80O10SSi2/c1-15-33-16-20-37(21-17-33)55(47,48)30-38-40(28-39-32(3)31(2)26-35(52-39)19-18-34(46)22-24-50-25-23-45)53-41(42(38)49-10)27-36(54-57(13,14)44(7,8)9)29-51-56(11,12)43(4,5)6/h16-17,20-21,31,34-36,38-42,45-46H,3,15,18-19,22-30H2,1-2,4-14H3/t31-,34-,35-,36-,38-,39+,40-,41+,42-/m0/s1. The van der Waals surface area contributed by atoms with Gasteiger partial charge in [-0.3, -0.25) is 0 Å². The Bertz CT molecular complexity index is 1490. The lowest BCUT2D eigenvalue weighted by atomic mass is 9.83. The Morgan fingerprint density at radius 1 is 0.947 bits per heavy atom. The Morgan fingerprint density at radius 3 is 2.14 bits per heavy atom. The predicted molar refractivity (Wildman–Crippen MR) is 235 cm³/mol. The van der Waals surface area contributed by atoms with Gasteiger partial charge >= 0.3 is 0 Å². The predicted octanol–water partition coefficient (Wildman–Crippen LogP) is 8.50. The minimum absolute atomic E-state index is 0.0253. The summed E-state index contributed by atoms with van der Waals surface area (Å²) in [7, 11) is -6.43. The van der Waals surface area contributed by atoms with Crippen LogP contribution in [0.1, 0.15) is 99.5 Å². The Hall–Kier alpha value is -0.976. The Labute approximate surface area is 349 Å². The van der Waals surface area contributed by atoms with Crippen LogP contribution in [0.3, 0.4) is 0 Å². The second-order valence-corrected chi connectivity index (χ2v) is 31.3. The average molecular weight is 857 g/mol. The smallest absolute Gasteiger partial charge is 0.192 e. The zero-order valence-corrected chi connectivity index (χ0v) is 40.6. The third kappa shape index (κ3) is 14.3. The summed E-state index contributed by atoms with van der Waals surface area (Å²) in [5.41, 5.74) is 2.06. The van der Waals surface area contributed by atoms with Gasteiger partial charge in [0.05, 0.1) is 73.2 Å². The molecule has 9 atom stereocenters. The molecule has 0 spiro atoms. The minimum Gasteiger partial charge on any atom is -0.414 e. The maximum Gasteiger partial charge on any atom is 0.192 e. The lowest BCUT2D eigenvalue weighted by Gasteiger charge is -2.42. The molecule has 330 valence electrons. The van der Waals surface area contributed by atoms with Gasteiger partial charge in [0.25, 0.3) is 0 Å². The third-order valence-electron chi connectivity index (χ3n) is 13.3. The zero-order chi connectivity index (χ0) is 43.0. The van der Waals surface area contributed by atoms with E-state index in [0.717, 1.165) is 24.0 Å². The highest BCUT2D eigenvalue weighted by molar-refractivity contribution is 7.91. The first-order valence-corrected chi connectivity index (χ1v) is 28.8. The molecule has 2 fully saturated rings. The van der Waals surface area contributed by atoms with Crippen LogP contribution >= 0.6 is 0 Å². The normalized spacial score (nSPS) is 26.5. The average Bonchev–Trinajstić information content (AvgIpc) is 3.42. The van der Waals surface area contributed by atoms with Crippen molar-refractivity contribution in [2.24, 2.45) is 11.8 Å². The van der Waals surface area contributed by atoms with Gasteiger partial charge in [-0.1, -0.05) is 74.1 Å². The van der Waals surface area contributed by atoms with E-state index in [1.54, 1.807) is 19.2 Å². The molecule has 2 heterocycles. The molecule has 2 saturated heterocycles. The maximum atomic E-state index is 14.2. The van der Waals surface area contributed by atoms with E-state index < -0.39 is 56.8 Å². The fourth-order valence-electron chi connectivity index (χ4n) is 7.39. The fourth-order valence-corrected chi connectivity index (χ4v) is 11.4. The lowest BCUT2D eigenvalue weighted by Crippen LogP contribution is -2.49. The van der Waals surface area contributed by atoms with Crippen molar-refractivity contribution in [3.63, 3.8) is 0 Å². The highest BCUT2D eigenvalue weighted by atomic mass is 32.2. The van der Waals surface area contributed by atoms with E-state index in [0.29, 0.717) is 50.2 Å². The van der Waals surface area contributed by atoms with E-state index in [-0.39, 0.29) is 53.3 Å². The highest BCUT2D eigenvalue weighted by Gasteiger charge is 2.50. The molecule has 57 heavy (non-hydrogen) atoms. The lowest BCUT2D eigenvalue weighted by molar-refractivity contribution is -0.0778. The van der Waals surface area contributed by atoms with E-state index >= 15 is 0 Å². The van der Waals surface area contributed by atoms with Gasteiger partial charge in [-0.15, -0.1) is 0 Å². The summed E-state index contributed by atoms with van der Waals surface area (Å²) in [4.78, 5) is 0.297. The second kappa shape index (κ2) is 21.2. The van der Waals surface area contributed by atoms with Crippen molar-refractivity contribution in [3.05, 3.63) is 42.0 Å². The van der Waals surface area contributed by atoms with Crippen LogP contribution in [0.25, 0.3) is 0 Å². The quantitative estimate of drug-likeness (QED) is 0.0666. The molecule has 2 aliphatic heterocycles. The summed E-state index contributed by atoms with van der Waals surface area (Å²) < 4.78 is 67.7. The van der Waals surface area contributed by atoms with Gasteiger partial charge in [0.15, 0.2) is 26.5 Å². The van der Waals surface area contributed by atoms with Gasteiger partial charge in [-0.25, -0.2) is 8.42 Å². The van der Waals surface area contributed by atoms with Gasteiger partial charge in [0.2, 0.25) is 0 Å². The summed E-state index contributed by atoms with van der Waals surface area (Å²) in [6, 6.07) is 7.20. The van der Waals surface area contributed by atoms with Crippen molar-refractivity contribution in [2.45, 2.75) is 184 Å². The highest BCUT2D eigenvalue weighted by Crippen LogP contribution is 2.43. The number of ether oxygens (including phenoxy) is 4.